The van der Waals surface area contributed by atoms with Crippen molar-refractivity contribution >= 4 is 23.3 Å². The number of nitrogens with zero attached hydrogens (tertiary/aromatic N) is 1. The van der Waals surface area contributed by atoms with Gasteiger partial charge in [-0.3, -0.25) is 14.9 Å². The molecule has 0 radical (unpaired) electrons. The fourth-order valence-electron chi connectivity index (χ4n) is 2.12. The molecule has 0 aliphatic heterocycles. The van der Waals surface area contributed by atoms with E-state index in [0.29, 0.717) is 25.2 Å². The summed E-state index contributed by atoms with van der Waals surface area (Å²) in [6.07, 6.45) is 0.517. The van der Waals surface area contributed by atoms with Crippen LogP contribution in [0.5, 0.6) is 0 Å². The van der Waals surface area contributed by atoms with Crippen LogP contribution in [0.3, 0.4) is 0 Å². The molecule has 0 bridgehead atoms. The van der Waals surface area contributed by atoms with Crippen LogP contribution in [0.2, 0.25) is 0 Å². The average molecular weight is 347 g/mol. The SMILES string of the molecule is Cc1ccc(NCCCNC(=O)c2ccc(C(=O)O)o2)c([N+](=O)[O-])c1. The van der Waals surface area contributed by atoms with Gasteiger partial charge in [-0.2, -0.15) is 0 Å². The zero-order valence-electron chi connectivity index (χ0n) is 13.4. The quantitative estimate of drug-likeness (QED) is 0.379. The molecule has 1 heterocycles. The number of aryl methyl sites for hydroxylation is 1. The molecule has 3 N–H and O–H groups in total. The highest BCUT2D eigenvalue weighted by Gasteiger charge is 2.15. The molecule has 2 aromatic rings. The molecule has 25 heavy (non-hydrogen) atoms. The van der Waals surface area contributed by atoms with Gasteiger partial charge in [0.25, 0.3) is 11.6 Å². The monoisotopic (exact) mass is 347 g/mol. The Bertz CT molecular complexity index is 799. The zero-order chi connectivity index (χ0) is 18.4. The van der Waals surface area contributed by atoms with Crippen LogP contribution >= 0.6 is 0 Å². The first kappa shape index (κ1) is 18.0. The number of anilines is 1. The van der Waals surface area contributed by atoms with Gasteiger partial charge in [0, 0.05) is 19.2 Å². The summed E-state index contributed by atoms with van der Waals surface area (Å²) in [6, 6.07) is 7.39. The van der Waals surface area contributed by atoms with Gasteiger partial charge in [0.05, 0.1) is 4.92 Å². The third-order valence-electron chi connectivity index (χ3n) is 3.35. The topological polar surface area (TPSA) is 135 Å². The lowest BCUT2D eigenvalue weighted by Gasteiger charge is -2.08. The summed E-state index contributed by atoms with van der Waals surface area (Å²) < 4.78 is 4.88. The average Bonchev–Trinajstić information content (AvgIpc) is 3.05. The number of carbonyl (C=O) groups excluding carboxylic acids is 1. The Morgan fingerprint density at radius 1 is 1.20 bits per heavy atom. The van der Waals surface area contributed by atoms with E-state index in [1.807, 2.05) is 0 Å². The van der Waals surface area contributed by atoms with Crippen LogP contribution < -0.4 is 10.6 Å². The Kier molecular flexibility index (Phi) is 5.72. The molecule has 2 rings (SSSR count). The maximum atomic E-state index is 11.8. The predicted octanol–water partition coefficient (Wildman–Crippen LogP) is 2.43. The molecule has 132 valence electrons. The van der Waals surface area contributed by atoms with Crippen LogP contribution in [-0.2, 0) is 0 Å². The molecule has 9 nitrogen and oxygen atoms in total. The number of carbonyl (C=O) groups is 2. The first-order valence-corrected chi connectivity index (χ1v) is 7.48. The van der Waals surface area contributed by atoms with E-state index < -0.39 is 16.8 Å². The van der Waals surface area contributed by atoms with Gasteiger partial charge in [0.2, 0.25) is 5.76 Å². The van der Waals surface area contributed by atoms with E-state index >= 15 is 0 Å². The number of nitro groups is 1. The lowest BCUT2D eigenvalue weighted by Crippen LogP contribution is -2.25. The maximum absolute atomic E-state index is 11.8. The molecule has 0 spiro atoms. The van der Waals surface area contributed by atoms with Gasteiger partial charge >= 0.3 is 5.97 Å². The largest absolute Gasteiger partial charge is 0.475 e. The highest BCUT2D eigenvalue weighted by Crippen LogP contribution is 2.25. The van der Waals surface area contributed by atoms with Crippen LogP contribution in [0.1, 0.15) is 33.1 Å². The lowest BCUT2D eigenvalue weighted by atomic mass is 10.2. The van der Waals surface area contributed by atoms with Crippen molar-refractivity contribution in [2.45, 2.75) is 13.3 Å². The van der Waals surface area contributed by atoms with Crippen molar-refractivity contribution in [2.24, 2.45) is 0 Å². The minimum Gasteiger partial charge on any atom is -0.475 e. The number of nitrogens with one attached hydrogen (secondary N) is 2. The second kappa shape index (κ2) is 7.95. The van der Waals surface area contributed by atoms with Gasteiger partial charge < -0.3 is 20.2 Å². The summed E-state index contributed by atoms with van der Waals surface area (Å²) in [6.45, 7) is 2.49. The highest BCUT2D eigenvalue weighted by atomic mass is 16.6. The van der Waals surface area contributed by atoms with Gasteiger partial charge in [0.1, 0.15) is 5.69 Å². The summed E-state index contributed by atoms with van der Waals surface area (Å²) in [5.41, 5.74) is 1.21. The van der Waals surface area contributed by atoms with Crippen molar-refractivity contribution in [1.29, 1.82) is 0 Å². The van der Waals surface area contributed by atoms with Crippen molar-refractivity contribution < 1.29 is 24.0 Å². The van der Waals surface area contributed by atoms with E-state index in [4.69, 9.17) is 9.52 Å². The molecule has 0 aliphatic carbocycles. The second-order valence-corrected chi connectivity index (χ2v) is 5.28. The van der Waals surface area contributed by atoms with Crippen molar-refractivity contribution in [3.8, 4) is 0 Å². The van der Waals surface area contributed by atoms with Crippen molar-refractivity contribution in [3.05, 3.63) is 57.5 Å². The second-order valence-electron chi connectivity index (χ2n) is 5.28. The smallest absolute Gasteiger partial charge is 0.371 e. The van der Waals surface area contributed by atoms with Crippen LogP contribution in [0, 0.1) is 17.0 Å². The van der Waals surface area contributed by atoms with Gasteiger partial charge in [-0.15, -0.1) is 0 Å². The van der Waals surface area contributed by atoms with E-state index in [0.717, 1.165) is 5.56 Å². The van der Waals surface area contributed by atoms with Gasteiger partial charge in [-0.05, 0) is 37.1 Å². The maximum Gasteiger partial charge on any atom is 0.371 e. The predicted molar refractivity (Wildman–Crippen MR) is 88.9 cm³/mol. The summed E-state index contributed by atoms with van der Waals surface area (Å²) >= 11 is 0. The molecule has 0 aliphatic rings. The first-order valence-electron chi connectivity index (χ1n) is 7.48. The number of hydrogen-bond donors (Lipinski definition) is 3. The molecule has 1 amide bonds. The number of benzene rings is 1. The van der Waals surface area contributed by atoms with Crippen molar-refractivity contribution in [1.82, 2.24) is 5.32 Å². The Morgan fingerprint density at radius 2 is 1.92 bits per heavy atom. The number of carboxylic acids is 1. The van der Waals surface area contributed by atoms with Gasteiger partial charge in [0.15, 0.2) is 5.76 Å². The fraction of sp³-hybridized carbons (Fsp3) is 0.250. The summed E-state index contributed by atoms with van der Waals surface area (Å²) in [5.74, 6) is -2.16. The Balaban J connectivity index is 1.79. The standard InChI is InChI=1S/C16H17N3O6/c1-10-3-4-11(12(9-10)19(23)24)17-7-2-8-18-15(20)13-5-6-14(25-13)16(21)22/h3-6,9,17H,2,7-8H2,1H3,(H,18,20)(H,21,22). The Labute approximate surface area is 142 Å². The van der Waals surface area contributed by atoms with E-state index in [1.165, 1.54) is 18.2 Å². The highest BCUT2D eigenvalue weighted by molar-refractivity contribution is 5.93. The molecular formula is C16H17N3O6. The van der Waals surface area contributed by atoms with E-state index in [1.54, 1.807) is 19.1 Å². The number of furan rings is 1. The van der Waals surface area contributed by atoms with Gasteiger partial charge in [-0.1, -0.05) is 6.07 Å². The third kappa shape index (κ3) is 4.80. The van der Waals surface area contributed by atoms with Crippen LogP contribution in [0.15, 0.2) is 34.7 Å². The molecular weight excluding hydrogens is 330 g/mol. The first-order chi connectivity index (χ1) is 11.9. The van der Waals surface area contributed by atoms with Crippen LogP contribution in [0.25, 0.3) is 0 Å². The minimum absolute atomic E-state index is 0.000760. The lowest BCUT2D eigenvalue weighted by molar-refractivity contribution is -0.384. The number of amides is 1. The normalized spacial score (nSPS) is 10.3. The molecule has 0 atom stereocenters. The van der Waals surface area contributed by atoms with Gasteiger partial charge in [-0.25, -0.2) is 4.79 Å². The third-order valence-corrected chi connectivity index (χ3v) is 3.35. The molecule has 1 aromatic heterocycles. The summed E-state index contributed by atoms with van der Waals surface area (Å²) in [5, 5.41) is 25.3. The molecule has 1 aromatic carbocycles. The molecule has 0 saturated carbocycles. The minimum atomic E-state index is -1.25. The fourth-order valence-corrected chi connectivity index (χ4v) is 2.12. The zero-order valence-corrected chi connectivity index (χ0v) is 13.4. The van der Waals surface area contributed by atoms with E-state index in [9.17, 15) is 19.7 Å². The molecule has 0 fully saturated rings. The van der Waals surface area contributed by atoms with E-state index in [2.05, 4.69) is 10.6 Å². The number of aromatic carboxylic acids is 1. The molecule has 9 heteroatoms. The number of carboxylic acid groups (broad SMARTS) is 1. The number of hydrogen-bond acceptors (Lipinski definition) is 6. The van der Waals surface area contributed by atoms with Crippen molar-refractivity contribution in [3.63, 3.8) is 0 Å². The van der Waals surface area contributed by atoms with Crippen LogP contribution in [-0.4, -0.2) is 35.0 Å². The summed E-state index contributed by atoms with van der Waals surface area (Å²) in [7, 11) is 0. The Hall–Kier alpha value is -3.36. The number of rotatable bonds is 8. The van der Waals surface area contributed by atoms with Crippen molar-refractivity contribution in [2.75, 3.05) is 18.4 Å². The van der Waals surface area contributed by atoms with E-state index in [-0.39, 0.29) is 17.2 Å². The Morgan fingerprint density at radius 3 is 2.56 bits per heavy atom. The molecule has 0 saturated heterocycles. The molecule has 0 unspecified atom stereocenters. The van der Waals surface area contributed by atoms with Crippen LogP contribution in [0.4, 0.5) is 11.4 Å². The summed E-state index contributed by atoms with van der Waals surface area (Å²) in [4.78, 5) is 33.0. The number of nitro benzene ring substituents is 1.